The Morgan fingerprint density at radius 1 is 1.44 bits per heavy atom. The Kier molecular flexibility index (Phi) is 2.50. The Morgan fingerprint density at radius 3 is 2.89 bits per heavy atom. The third-order valence-electron chi connectivity index (χ3n) is 3.28. The number of nitrogen functional groups attached to an aromatic ring is 2. The highest BCUT2D eigenvalue weighted by Gasteiger charge is 2.30. The first-order valence-corrected chi connectivity index (χ1v) is 6.36. The summed E-state index contributed by atoms with van der Waals surface area (Å²) in [5.41, 5.74) is 7.71. The van der Waals surface area contributed by atoms with Gasteiger partial charge in [0.05, 0.1) is 6.20 Å². The molecule has 0 saturated heterocycles. The number of rotatable bonds is 4. The largest absolute Gasteiger partial charge is 0.382 e. The van der Waals surface area contributed by atoms with Crippen molar-refractivity contribution in [3.05, 3.63) is 18.2 Å². The van der Waals surface area contributed by atoms with Crippen molar-refractivity contribution in [3.8, 4) is 11.3 Å². The number of imidazole rings is 1. The van der Waals surface area contributed by atoms with E-state index in [2.05, 4.69) is 17.0 Å². The van der Waals surface area contributed by atoms with E-state index in [0.29, 0.717) is 11.7 Å². The standard InChI is InChI=1S/C12H18N6/c1-2-5-17-7-9(6-15-17)10-11(13)18(14)12(16-10)8-3-4-8/h6-8H,2-5,13-14H2,1H3. The highest BCUT2D eigenvalue weighted by atomic mass is 15.4. The Balaban J connectivity index is 1.97. The zero-order chi connectivity index (χ0) is 12.7. The van der Waals surface area contributed by atoms with Crippen LogP contribution in [0.5, 0.6) is 0 Å². The predicted molar refractivity (Wildman–Crippen MR) is 70.3 cm³/mol. The average Bonchev–Trinajstić information content (AvgIpc) is 3.03. The van der Waals surface area contributed by atoms with Gasteiger partial charge in [0.15, 0.2) is 5.82 Å². The van der Waals surface area contributed by atoms with Gasteiger partial charge in [-0.05, 0) is 19.3 Å². The molecule has 0 unspecified atom stereocenters. The number of hydrogen-bond acceptors (Lipinski definition) is 4. The molecule has 18 heavy (non-hydrogen) atoms. The van der Waals surface area contributed by atoms with Gasteiger partial charge in [0.25, 0.3) is 0 Å². The summed E-state index contributed by atoms with van der Waals surface area (Å²) in [4.78, 5) is 4.57. The number of anilines is 1. The molecule has 1 fully saturated rings. The van der Waals surface area contributed by atoms with E-state index >= 15 is 0 Å². The lowest BCUT2D eigenvalue weighted by Crippen LogP contribution is -2.14. The molecule has 96 valence electrons. The van der Waals surface area contributed by atoms with Crippen molar-refractivity contribution in [1.82, 2.24) is 19.4 Å². The summed E-state index contributed by atoms with van der Waals surface area (Å²) in [5.74, 6) is 7.85. The molecule has 1 aliphatic carbocycles. The lowest BCUT2D eigenvalue weighted by molar-refractivity contribution is 0.603. The van der Waals surface area contributed by atoms with E-state index in [1.54, 1.807) is 6.20 Å². The van der Waals surface area contributed by atoms with E-state index in [-0.39, 0.29) is 0 Å². The van der Waals surface area contributed by atoms with Gasteiger partial charge in [-0.15, -0.1) is 0 Å². The first-order valence-electron chi connectivity index (χ1n) is 6.36. The molecule has 0 amide bonds. The van der Waals surface area contributed by atoms with Gasteiger partial charge < -0.3 is 11.6 Å². The molecule has 6 nitrogen and oxygen atoms in total. The summed E-state index contributed by atoms with van der Waals surface area (Å²) >= 11 is 0. The summed E-state index contributed by atoms with van der Waals surface area (Å²) in [5, 5.41) is 4.29. The van der Waals surface area contributed by atoms with Crippen LogP contribution in [0, 0.1) is 0 Å². The topological polar surface area (TPSA) is 87.7 Å². The summed E-state index contributed by atoms with van der Waals surface area (Å²) in [7, 11) is 0. The molecule has 0 aliphatic heterocycles. The summed E-state index contributed by atoms with van der Waals surface area (Å²) in [6.07, 6.45) is 7.13. The maximum absolute atomic E-state index is 6.02. The summed E-state index contributed by atoms with van der Waals surface area (Å²) in [6.45, 7) is 3.02. The molecule has 2 aromatic rings. The second kappa shape index (κ2) is 4.04. The van der Waals surface area contributed by atoms with E-state index in [9.17, 15) is 0 Å². The van der Waals surface area contributed by atoms with Crippen LogP contribution in [-0.4, -0.2) is 19.4 Å². The molecule has 2 aromatic heterocycles. The van der Waals surface area contributed by atoms with E-state index in [0.717, 1.165) is 42.9 Å². The van der Waals surface area contributed by atoms with Crippen LogP contribution in [0.4, 0.5) is 5.82 Å². The molecule has 2 heterocycles. The van der Waals surface area contributed by atoms with Crippen LogP contribution >= 0.6 is 0 Å². The first kappa shape index (κ1) is 11.1. The van der Waals surface area contributed by atoms with Crippen molar-refractivity contribution in [2.24, 2.45) is 0 Å². The SMILES string of the molecule is CCCn1cc(-c2nc(C3CC3)n(N)c2N)cn1. The van der Waals surface area contributed by atoms with Crippen LogP contribution in [0.3, 0.4) is 0 Å². The minimum absolute atomic E-state index is 0.483. The van der Waals surface area contributed by atoms with Gasteiger partial charge >= 0.3 is 0 Å². The molecule has 0 spiro atoms. The molecular weight excluding hydrogens is 228 g/mol. The van der Waals surface area contributed by atoms with Crippen molar-refractivity contribution >= 4 is 5.82 Å². The van der Waals surface area contributed by atoms with Crippen LogP contribution < -0.4 is 11.6 Å². The number of nitrogens with two attached hydrogens (primary N) is 2. The molecule has 0 bridgehead atoms. The maximum atomic E-state index is 6.02. The van der Waals surface area contributed by atoms with Crippen LogP contribution in [-0.2, 0) is 6.54 Å². The zero-order valence-electron chi connectivity index (χ0n) is 10.5. The maximum Gasteiger partial charge on any atom is 0.150 e. The van der Waals surface area contributed by atoms with Gasteiger partial charge in [-0.2, -0.15) is 5.10 Å². The Labute approximate surface area is 106 Å². The normalized spacial score (nSPS) is 15.2. The van der Waals surface area contributed by atoms with E-state index in [1.807, 2.05) is 10.9 Å². The number of nitrogens with zero attached hydrogens (tertiary/aromatic N) is 4. The molecule has 4 N–H and O–H groups in total. The van der Waals surface area contributed by atoms with Crippen molar-refractivity contribution in [2.45, 2.75) is 38.6 Å². The molecule has 1 saturated carbocycles. The van der Waals surface area contributed by atoms with Gasteiger partial charge in [-0.3, -0.25) is 4.68 Å². The van der Waals surface area contributed by atoms with Gasteiger partial charge in [0.2, 0.25) is 0 Å². The Bertz CT molecular complexity index is 563. The van der Waals surface area contributed by atoms with Gasteiger partial charge in [0.1, 0.15) is 11.5 Å². The lowest BCUT2D eigenvalue weighted by Gasteiger charge is -1.99. The molecule has 0 radical (unpaired) electrons. The number of aryl methyl sites for hydroxylation is 1. The molecule has 1 aliphatic rings. The molecule has 0 atom stereocenters. The third kappa shape index (κ3) is 1.73. The van der Waals surface area contributed by atoms with Crippen LogP contribution in [0.15, 0.2) is 12.4 Å². The fourth-order valence-corrected chi connectivity index (χ4v) is 2.14. The smallest absolute Gasteiger partial charge is 0.150 e. The highest BCUT2D eigenvalue weighted by molar-refractivity contribution is 5.70. The van der Waals surface area contributed by atoms with Gasteiger partial charge in [-0.25, -0.2) is 9.66 Å². The number of hydrogen-bond donors (Lipinski definition) is 2. The van der Waals surface area contributed by atoms with E-state index in [1.165, 1.54) is 4.68 Å². The second-order valence-corrected chi connectivity index (χ2v) is 4.84. The monoisotopic (exact) mass is 246 g/mol. The first-order chi connectivity index (χ1) is 8.70. The predicted octanol–water partition coefficient (Wildman–Crippen LogP) is 1.33. The lowest BCUT2D eigenvalue weighted by atomic mass is 10.2. The highest BCUT2D eigenvalue weighted by Crippen LogP contribution is 2.41. The summed E-state index contributed by atoms with van der Waals surface area (Å²) < 4.78 is 3.42. The van der Waals surface area contributed by atoms with Crippen molar-refractivity contribution in [3.63, 3.8) is 0 Å². The summed E-state index contributed by atoms with van der Waals surface area (Å²) in [6, 6.07) is 0. The van der Waals surface area contributed by atoms with Crippen LogP contribution in [0.25, 0.3) is 11.3 Å². The van der Waals surface area contributed by atoms with E-state index in [4.69, 9.17) is 11.6 Å². The van der Waals surface area contributed by atoms with Crippen molar-refractivity contribution < 1.29 is 0 Å². The molecule has 6 heteroatoms. The Hall–Kier alpha value is -1.98. The quantitative estimate of drug-likeness (QED) is 0.797. The molecule has 0 aromatic carbocycles. The fraction of sp³-hybridized carbons (Fsp3) is 0.500. The van der Waals surface area contributed by atoms with E-state index < -0.39 is 0 Å². The van der Waals surface area contributed by atoms with Crippen LogP contribution in [0.1, 0.15) is 37.9 Å². The number of aromatic nitrogens is 4. The third-order valence-corrected chi connectivity index (χ3v) is 3.28. The minimum atomic E-state index is 0.483. The van der Waals surface area contributed by atoms with Crippen molar-refractivity contribution in [2.75, 3.05) is 11.6 Å². The van der Waals surface area contributed by atoms with Gasteiger partial charge in [-0.1, -0.05) is 6.92 Å². The fourth-order valence-electron chi connectivity index (χ4n) is 2.14. The van der Waals surface area contributed by atoms with Gasteiger partial charge in [0, 0.05) is 24.2 Å². The molecule has 3 rings (SSSR count). The zero-order valence-corrected chi connectivity index (χ0v) is 10.5. The average molecular weight is 246 g/mol. The minimum Gasteiger partial charge on any atom is -0.382 e. The molecular formula is C12H18N6. The van der Waals surface area contributed by atoms with Crippen molar-refractivity contribution in [1.29, 1.82) is 0 Å². The second-order valence-electron chi connectivity index (χ2n) is 4.84. The Morgan fingerprint density at radius 2 is 2.22 bits per heavy atom. The van der Waals surface area contributed by atoms with Crippen LogP contribution in [0.2, 0.25) is 0 Å².